The van der Waals surface area contributed by atoms with Gasteiger partial charge in [0.1, 0.15) is 17.0 Å². The second-order valence-corrected chi connectivity index (χ2v) is 6.41. The summed E-state index contributed by atoms with van der Waals surface area (Å²) >= 11 is 0. The number of anilines is 1. The molecule has 0 aromatic carbocycles. The summed E-state index contributed by atoms with van der Waals surface area (Å²) < 4.78 is 5.43. The molecule has 2 aromatic rings. The molecule has 26 heavy (non-hydrogen) atoms. The molecule has 3 heterocycles. The fraction of sp³-hybridized carbons (Fsp3) is 0.444. The highest BCUT2D eigenvalue weighted by Gasteiger charge is 2.39. The van der Waals surface area contributed by atoms with E-state index >= 15 is 0 Å². The van der Waals surface area contributed by atoms with Gasteiger partial charge in [-0.25, -0.2) is 9.97 Å². The highest BCUT2D eigenvalue weighted by Crippen LogP contribution is 2.26. The van der Waals surface area contributed by atoms with E-state index in [1.165, 1.54) is 4.90 Å². The largest absolute Gasteiger partial charge is 0.477 e. The fourth-order valence-corrected chi connectivity index (χ4v) is 3.16. The van der Waals surface area contributed by atoms with Gasteiger partial charge in [-0.3, -0.25) is 9.78 Å². The Balaban J connectivity index is 1.68. The molecule has 0 bridgehead atoms. The van der Waals surface area contributed by atoms with E-state index in [0.29, 0.717) is 37.6 Å². The zero-order valence-corrected chi connectivity index (χ0v) is 15.0. The van der Waals surface area contributed by atoms with Crippen LogP contribution in [0.25, 0.3) is 0 Å². The Morgan fingerprint density at radius 1 is 1.38 bits per heavy atom. The number of likely N-dealkylation sites (N-methyl/N-ethyl adjacent to an activating group) is 1. The number of aromatic nitrogens is 3. The van der Waals surface area contributed by atoms with Crippen LogP contribution >= 0.6 is 0 Å². The molecule has 138 valence electrons. The SMILES string of the molecule is CCOc1ncccc1C(=O)N(C)C[C@@]1(O)CCN(c2cnccn2)C1. The van der Waals surface area contributed by atoms with Gasteiger partial charge in [-0.05, 0) is 25.5 Å². The molecule has 1 amide bonds. The average molecular weight is 357 g/mol. The van der Waals surface area contributed by atoms with Gasteiger partial charge in [-0.15, -0.1) is 0 Å². The van der Waals surface area contributed by atoms with Crippen LogP contribution in [0.5, 0.6) is 5.88 Å². The van der Waals surface area contributed by atoms with E-state index in [1.54, 1.807) is 44.0 Å². The normalized spacial score (nSPS) is 19.4. The van der Waals surface area contributed by atoms with Crippen molar-refractivity contribution in [2.45, 2.75) is 18.9 Å². The quantitative estimate of drug-likeness (QED) is 0.824. The van der Waals surface area contributed by atoms with Crippen molar-refractivity contribution in [3.8, 4) is 5.88 Å². The third kappa shape index (κ3) is 3.91. The molecule has 1 atom stereocenters. The topological polar surface area (TPSA) is 91.7 Å². The second kappa shape index (κ2) is 7.65. The van der Waals surface area contributed by atoms with E-state index in [9.17, 15) is 9.90 Å². The van der Waals surface area contributed by atoms with Crippen LogP contribution in [-0.2, 0) is 0 Å². The molecule has 0 aliphatic carbocycles. The minimum atomic E-state index is -1.00. The van der Waals surface area contributed by atoms with E-state index in [1.807, 2.05) is 11.8 Å². The van der Waals surface area contributed by atoms with Crippen LogP contribution in [0.3, 0.4) is 0 Å². The minimum absolute atomic E-state index is 0.211. The van der Waals surface area contributed by atoms with Crippen molar-refractivity contribution in [1.29, 1.82) is 0 Å². The summed E-state index contributed by atoms with van der Waals surface area (Å²) in [4.78, 5) is 28.7. The van der Waals surface area contributed by atoms with Gasteiger partial charge in [0.15, 0.2) is 0 Å². The number of amides is 1. The highest BCUT2D eigenvalue weighted by atomic mass is 16.5. The first-order valence-corrected chi connectivity index (χ1v) is 8.59. The van der Waals surface area contributed by atoms with Crippen molar-refractivity contribution < 1.29 is 14.6 Å². The van der Waals surface area contributed by atoms with Crippen molar-refractivity contribution in [2.75, 3.05) is 38.2 Å². The summed E-state index contributed by atoms with van der Waals surface area (Å²) in [5.41, 5.74) is -0.611. The number of β-amino-alcohol motifs (C(OH)–C–C–N with tert-alkyl or cyclic N) is 1. The predicted octanol–water partition coefficient (Wildman–Crippen LogP) is 0.984. The zero-order valence-electron chi connectivity index (χ0n) is 15.0. The summed E-state index contributed by atoms with van der Waals surface area (Å²) in [5, 5.41) is 10.9. The number of carbonyl (C=O) groups excluding carboxylic acids is 1. The number of nitrogens with zero attached hydrogens (tertiary/aromatic N) is 5. The molecular formula is C18H23N5O3. The number of hydrogen-bond donors (Lipinski definition) is 1. The lowest BCUT2D eigenvalue weighted by Crippen LogP contribution is -2.46. The van der Waals surface area contributed by atoms with Gasteiger partial charge in [-0.1, -0.05) is 0 Å². The molecule has 0 spiro atoms. The molecule has 3 rings (SSSR count). The summed E-state index contributed by atoms with van der Waals surface area (Å²) in [6, 6.07) is 3.38. The second-order valence-electron chi connectivity index (χ2n) is 6.41. The third-order valence-corrected chi connectivity index (χ3v) is 4.37. The Morgan fingerprint density at radius 3 is 2.96 bits per heavy atom. The van der Waals surface area contributed by atoms with Crippen LogP contribution in [-0.4, -0.2) is 69.8 Å². The number of ether oxygens (including phenoxy) is 1. The predicted molar refractivity (Wildman–Crippen MR) is 96.2 cm³/mol. The number of carbonyl (C=O) groups is 1. The van der Waals surface area contributed by atoms with Crippen molar-refractivity contribution in [3.05, 3.63) is 42.5 Å². The molecule has 0 radical (unpaired) electrons. The standard InChI is InChI=1S/C18H23N5O3/c1-3-26-16-14(5-4-7-21-16)17(24)22(2)12-18(25)6-10-23(13-18)15-11-19-8-9-20-15/h4-5,7-9,11,25H,3,6,10,12-13H2,1-2H3/t18-/m0/s1. The zero-order chi connectivity index (χ0) is 18.6. The molecule has 2 aromatic heterocycles. The Hall–Kier alpha value is -2.74. The Labute approximate surface area is 152 Å². The van der Waals surface area contributed by atoms with Crippen LogP contribution in [0.4, 0.5) is 5.82 Å². The van der Waals surface area contributed by atoms with Gasteiger partial charge in [-0.2, -0.15) is 0 Å². The fourth-order valence-electron chi connectivity index (χ4n) is 3.16. The minimum Gasteiger partial charge on any atom is -0.477 e. The molecule has 1 N–H and O–H groups in total. The van der Waals surface area contributed by atoms with Gasteiger partial charge in [0.25, 0.3) is 5.91 Å². The summed E-state index contributed by atoms with van der Waals surface area (Å²) in [6.07, 6.45) is 7.05. The molecule has 1 aliphatic rings. The first-order valence-electron chi connectivity index (χ1n) is 8.59. The lowest BCUT2D eigenvalue weighted by atomic mass is 10.0. The van der Waals surface area contributed by atoms with E-state index in [2.05, 4.69) is 15.0 Å². The number of rotatable bonds is 6. The molecule has 1 saturated heterocycles. The van der Waals surface area contributed by atoms with Crippen molar-refractivity contribution in [1.82, 2.24) is 19.9 Å². The van der Waals surface area contributed by atoms with Crippen molar-refractivity contribution in [3.63, 3.8) is 0 Å². The number of aliphatic hydroxyl groups is 1. The summed E-state index contributed by atoms with van der Waals surface area (Å²) in [5.74, 6) is 0.808. The summed E-state index contributed by atoms with van der Waals surface area (Å²) in [7, 11) is 1.67. The van der Waals surface area contributed by atoms with Crippen LogP contribution in [0.15, 0.2) is 36.9 Å². The van der Waals surface area contributed by atoms with E-state index in [4.69, 9.17) is 4.74 Å². The van der Waals surface area contributed by atoms with Crippen LogP contribution < -0.4 is 9.64 Å². The van der Waals surface area contributed by atoms with E-state index < -0.39 is 5.60 Å². The average Bonchev–Trinajstić information content (AvgIpc) is 3.04. The monoisotopic (exact) mass is 357 g/mol. The van der Waals surface area contributed by atoms with Gasteiger partial charge in [0.05, 0.1) is 19.3 Å². The summed E-state index contributed by atoms with van der Waals surface area (Å²) in [6.45, 7) is 3.54. The Bertz CT molecular complexity index is 758. The Kier molecular flexibility index (Phi) is 5.32. The van der Waals surface area contributed by atoms with Gasteiger partial charge in [0.2, 0.25) is 5.88 Å². The van der Waals surface area contributed by atoms with Crippen LogP contribution in [0, 0.1) is 0 Å². The molecular weight excluding hydrogens is 334 g/mol. The number of pyridine rings is 1. The van der Waals surface area contributed by atoms with Crippen molar-refractivity contribution >= 4 is 11.7 Å². The van der Waals surface area contributed by atoms with Crippen LogP contribution in [0.1, 0.15) is 23.7 Å². The first kappa shape index (κ1) is 18.1. The molecule has 8 nitrogen and oxygen atoms in total. The number of hydrogen-bond acceptors (Lipinski definition) is 7. The van der Waals surface area contributed by atoms with Crippen molar-refractivity contribution in [2.24, 2.45) is 0 Å². The van der Waals surface area contributed by atoms with Gasteiger partial charge < -0.3 is 19.6 Å². The van der Waals surface area contributed by atoms with E-state index in [0.717, 1.165) is 5.82 Å². The molecule has 0 unspecified atom stereocenters. The molecule has 0 saturated carbocycles. The smallest absolute Gasteiger partial charge is 0.259 e. The lowest BCUT2D eigenvalue weighted by molar-refractivity contribution is 0.0262. The maximum atomic E-state index is 12.8. The molecule has 1 aliphatic heterocycles. The highest BCUT2D eigenvalue weighted by molar-refractivity contribution is 5.96. The lowest BCUT2D eigenvalue weighted by Gasteiger charge is -2.29. The maximum Gasteiger partial charge on any atom is 0.259 e. The van der Waals surface area contributed by atoms with E-state index in [-0.39, 0.29) is 12.5 Å². The Morgan fingerprint density at radius 2 is 2.23 bits per heavy atom. The first-order chi connectivity index (χ1) is 12.5. The molecule has 1 fully saturated rings. The molecule has 8 heteroatoms. The third-order valence-electron chi connectivity index (χ3n) is 4.37. The van der Waals surface area contributed by atoms with Crippen LogP contribution in [0.2, 0.25) is 0 Å². The van der Waals surface area contributed by atoms with Gasteiger partial charge in [0, 0.05) is 38.7 Å². The maximum absolute atomic E-state index is 12.8. The van der Waals surface area contributed by atoms with Gasteiger partial charge >= 0.3 is 0 Å².